The van der Waals surface area contributed by atoms with Gasteiger partial charge in [-0.15, -0.1) is 9.93 Å². The van der Waals surface area contributed by atoms with Crippen molar-refractivity contribution in [3.8, 4) is 17.2 Å². The van der Waals surface area contributed by atoms with Crippen molar-refractivity contribution < 1.29 is 22.7 Å². The zero-order valence-corrected chi connectivity index (χ0v) is 15.1. The lowest BCUT2D eigenvalue weighted by atomic mass is 10.2. The van der Waals surface area contributed by atoms with E-state index in [1.54, 1.807) is 12.1 Å². The molecule has 2 aromatic carbocycles. The highest BCUT2D eigenvalue weighted by molar-refractivity contribution is 7.89. The number of hydrogen-bond acceptors (Lipinski definition) is 8. The van der Waals surface area contributed by atoms with Crippen LogP contribution in [0.3, 0.4) is 0 Å². The number of carbonyl (C=O) groups is 1. The van der Waals surface area contributed by atoms with Gasteiger partial charge < -0.3 is 9.47 Å². The first-order chi connectivity index (χ1) is 13.5. The number of nitrogens with zero attached hydrogens (tertiary/aromatic N) is 4. The molecule has 0 bridgehead atoms. The van der Waals surface area contributed by atoms with Crippen LogP contribution in [0, 0.1) is 0 Å². The average molecular weight is 402 g/mol. The largest absolute Gasteiger partial charge is 0.486 e. The van der Waals surface area contributed by atoms with E-state index in [2.05, 4.69) is 25.8 Å². The van der Waals surface area contributed by atoms with Gasteiger partial charge in [-0.2, -0.15) is 0 Å². The molecule has 2 N–H and O–H groups in total. The van der Waals surface area contributed by atoms with Crippen molar-refractivity contribution in [2.75, 3.05) is 13.2 Å². The molecule has 1 amide bonds. The molecule has 28 heavy (non-hydrogen) atoms. The number of carbonyl (C=O) groups excluding carboxylic acids is 1. The number of amides is 1. The van der Waals surface area contributed by atoms with Crippen molar-refractivity contribution in [2.45, 2.75) is 4.90 Å². The first kappa shape index (κ1) is 17.9. The van der Waals surface area contributed by atoms with Crippen molar-refractivity contribution in [1.29, 1.82) is 0 Å². The molecule has 1 aliphatic heterocycles. The number of benzene rings is 2. The molecule has 11 nitrogen and oxygen atoms in total. The summed E-state index contributed by atoms with van der Waals surface area (Å²) in [6, 6.07) is 10.5. The minimum atomic E-state index is -4.01. The van der Waals surface area contributed by atoms with Gasteiger partial charge >= 0.3 is 0 Å². The van der Waals surface area contributed by atoms with E-state index in [1.165, 1.54) is 41.3 Å². The number of sulfonamides is 1. The predicted octanol–water partition coefficient (Wildman–Crippen LogP) is 0.0568. The Morgan fingerprint density at radius 2 is 1.89 bits per heavy atom. The maximum absolute atomic E-state index is 12.5. The van der Waals surface area contributed by atoms with Crippen LogP contribution in [0.5, 0.6) is 11.5 Å². The fraction of sp³-hybridized carbons (Fsp3) is 0.125. The van der Waals surface area contributed by atoms with Crippen LogP contribution >= 0.6 is 0 Å². The first-order valence-electron chi connectivity index (χ1n) is 8.08. The predicted molar refractivity (Wildman–Crippen MR) is 94.4 cm³/mol. The Morgan fingerprint density at radius 1 is 1.07 bits per heavy atom. The summed E-state index contributed by atoms with van der Waals surface area (Å²) in [6.45, 7) is 0.810. The van der Waals surface area contributed by atoms with Crippen molar-refractivity contribution >= 4 is 15.9 Å². The Kier molecular flexibility index (Phi) is 4.63. The molecule has 1 aliphatic rings. The summed E-state index contributed by atoms with van der Waals surface area (Å²) in [5, 5.41) is 10.7. The maximum Gasteiger partial charge on any atom is 0.266 e. The smallest absolute Gasteiger partial charge is 0.266 e. The molecule has 1 aromatic heterocycles. The lowest BCUT2D eigenvalue weighted by Crippen LogP contribution is -2.41. The van der Waals surface area contributed by atoms with Crippen LogP contribution in [0.1, 0.15) is 10.4 Å². The minimum absolute atomic E-state index is 0.0667. The number of hydrogen-bond donors (Lipinski definition) is 2. The topological polar surface area (TPSA) is 137 Å². The Morgan fingerprint density at radius 3 is 2.68 bits per heavy atom. The van der Waals surface area contributed by atoms with Gasteiger partial charge in [0.1, 0.15) is 19.5 Å². The lowest BCUT2D eigenvalue weighted by Gasteiger charge is -2.18. The third kappa shape index (κ3) is 3.63. The molecule has 12 heteroatoms. The van der Waals surface area contributed by atoms with E-state index in [4.69, 9.17) is 9.47 Å². The Hall–Kier alpha value is -3.51. The van der Waals surface area contributed by atoms with Gasteiger partial charge in [0.05, 0.1) is 10.6 Å². The molecule has 144 valence electrons. The van der Waals surface area contributed by atoms with E-state index >= 15 is 0 Å². The van der Waals surface area contributed by atoms with E-state index in [1.807, 2.05) is 0 Å². The van der Waals surface area contributed by atoms with Crippen LogP contribution in [0.2, 0.25) is 0 Å². The van der Waals surface area contributed by atoms with Crippen LogP contribution in [0.25, 0.3) is 5.69 Å². The molecule has 0 fully saturated rings. The highest BCUT2D eigenvalue weighted by Crippen LogP contribution is 2.30. The number of nitrogens with one attached hydrogen (secondary N) is 2. The number of rotatable bonds is 5. The van der Waals surface area contributed by atoms with Crippen LogP contribution in [0.4, 0.5) is 0 Å². The third-order valence-electron chi connectivity index (χ3n) is 3.84. The lowest BCUT2D eigenvalue weighted by molar-refractivity contribution is 0.0944. The summed E-state index contributed by atoms with van der Waals surface area (Å²) in [7, 11) is -4.01. The van der Waals surface area contributed by atoms with Gasteiger partial charge in [-0.25, -0.2) is 13.1 Å². The van der Waals surface area contributed by atoms with Gasteiger partial charge in [0.15, 0.2) is 11.5 Å². The van der Waals surface area contributed by atoms with Gasteiger partial charge in [-0.05, 0) is 46.8 Å². The number of hydrazine groups is 1. The van der Waals surface area contributed by atoms with Gasteiger partial charge in [-0.3, -0.25) is 10.2 Å². The van der Waals surface area contributed by atoms with Gasteiger partial charge in [0, 0.05) is 5.56 Å². The van der Waals surface area contributed by atoms with Gasteiger partial charge in [0.25, 0.3) is 15.9 Å². The van der Waals surface area contributed by atoms with Crippen molar-refractivity contribution in [3.05, 3.63) is 54.4 Å². The summed E-state index contributed by atoms with van der Waals surface area (Å²) >= 11 is 0. The highest BCUT2D eigenvalue weighted by atomic mass is 32.2. The molecular formula is C16H14N6O5S. The van der Waals surface area contributed by atoms with Crippen LogP contribution < -0.4 is 19.7 Å². The van der Waals surface area contributed by atoms with Crippen molar-refractivity contribution in [1.82, 2.24) is 30.5 Å². The molecular weight excluding hydrogens is 388 g/mol. The molecule has 0 unspecified atom stereocenters. The van der Waals surface area contributed by atoms with Crippen LogP contribution in [-0.2, 0) is 10.0 Å². The summed E-state index contributed by atoms with van der Waals surface area (Å²) in [5.41, 5.74) is 2.85. The molecule has 0 aliphatic carbocycles. The maximum atomic E-state index is 12.5. The second kappa shape index (κ2) is 7.25. The summed E-state index contributed by atoms with van der Waals surface area (Å²) < 4.78 is 37.1. The Labute approximate surface area is 159 Å². The van der Waals surface area contributed by atoms with E-state index in [-0.39, 0.29) is 10.5 Å². The molecule has 0 radical (unpaired) electrons. The SMILES string of the molecule is O=C(NNS(=O)(=O)c1cccc(-n2cnnn2)c1)c1ccc2c(c1)OCCO2. The summed E-state index contributed by atoms with van der Waals surface area (Å²) in [6.07, 6.45) is 1.34. The number of fused-ring (bicyclic) bond motifs is 1. The quantitative estimate of drug-likeness (QED) is 0.572. The minimum Gasteiger partial charge on any atom is -0.486 e. The average Bonchev–Trinajstić information content (AvgIpc) is 3.27. The van der Waals surface area contributed by atoms with Gasteiger partial charge in [-0.1, -0.05) is 6.07 Å². The molecule has 4 rings (SSSR count). The normalized spacial score (nSPS) is 13.1. The zero-order valence-electron chi connectivity index (χ0n) is 14.3. The summed E-state index contributed by atoms with van der Waals surface area (Å²) in [5.74, 6) is 0.316. The monoisotopic (exact) mass is 402 g/mol. The fourth-order valence-corrected chi connectivity index (χ4v) is 3.38. The number of tetrazole rings is 1. The van der Waals surface area contributed by atoms with Crippen LogP contribution in [-0.4, -0.2) is 47.7 Å². The second-order valence-electron chi connectivity index (χ2n) is 5.67. The van der Waals surface area contributed by atoms with E-state index < -0.39 is 15.9 Å². The highest BCUT2D eigenvalue weighted by Gasteiger charge is 2.19. The second-order valence-corrected chi connectivity index (χ2v) is 7.35. The summed E-state index contributed by atoms with van der Waals surface area (Å²) in [4.78, 5) is 14.3. The van der Waals surface area contributed by atoms with Crippen molar-refractivity contribution in [2.24, 2.45) is 0 Å². The van der Waals surface area contributed by atoms with E-state index in [0.29, 0.717) is 30.4 Å². The molecule has 3 aromatic rings. The fourth-order valence-electron chi connectivity index (χ4n) is 2.50. The Bertz CT molecular complexity index is 1120. The Balaban J connectivity index is 1.48. The zero-order chi connectivity index (χ0) is 19.6. The number of aromatic nitrogens is 4. The van der Waals surface area contributed by atoms with Crippen molar-refractivity contribution in [3.63, 3.8) is 0 Å². The first-order valence-corrected chi connectivity index (χ1v) is 9.56. The standard InChI is InChI=1S/C16H14N6O5S/c23-16(11-4-5-14-15(8-11)27-7-6-26-14)18-21-28(24,25)13-3-1-2-12(9-13)22-10-17-19-20-22/h1-5,8-10,21H,6-7H2,(H,18,23). The molecule has 0 spiro atoms. The third-order valence-corrected chi connectivity index (χ3v) is 5.09. The van der Waals surface area contributed by atoms with E-state index in [9.17, 15) is 13.2 Å². The molecule has 0 saturated heterocycles. The molecule has 2 heterocycles. The van der Waals surface area contributed by atoms with E-state index in [0.717, 1.165) is 0 Å². The molecule has 0 saturated carbocycles. The number of ether oxygens (including phenoxy) is 2. The molecule has 0 atom stereocenters. The van der Waals surface area contributed by atoms with Gasteiger partial charge in [0.2, 0.25) is 0 Å². The van der Waals surface area contributed by atoms with Crippen LogP contribution in [0.15, 0.2) is 53.7 Å².